The molecule has 2 saturated carbocycles. The lowest BCUT2D eigenvalue weighted by atomic mass is 9.55. The maximum atomic E-state index is 6.44. The van der Waals surface area contributed by atoms with E-state index in [0.717, 1.165) is 17.8 Å². The normalized spacial score (nSPS) is 44.3. The molecule has 1 unspecified atom stereocenters. The predicted octanol–water partition coefficient (Wildman–Crippen LogP) is 3.87. The molecule has 1 aromatic carbocycles. The van der Waals surface area contributed by atoms with Crippen LogP contribution in [0.5, 0.6) is 0 Å². The average molecular weight is 255 g/mol. The van der Waals surface area contributed by atoms with E-state index in [-0.39, 0.29) is 0 Å². The molecule has 3 aliphatic rings. The molecule has 2 N–H and O–H groups in total. The molecule has 1 aromatic rings. The number of fused-ring (bicyclic) bond motifs is 5. The van der Waals surface area contributed by atoms with Gasteiger partial charge in [-0.3, -0.25) is 0 Å². The van der Waals surface area contributed by atoms with E-state index in [1.807, 2.05) is 0 Å². The Kier molecular flexibility index (Phi) is 2.57. The third-order valence-electron chi connectivity index (χ3n) is 6.71. The van der Waals surface area contributed by atoms with Crippen molar-refractivity contribution in [2.75, 3.05) is 0 Å². The summed E-state index contributed by atoms with van der Waals surface area (Å²) in [6.45, 7) is 2.48. The van der Waals surface area contributed by atoms with Gasteiger partial charge in [-0.05, 0) is 72.8 Å². The zero-order chi connectivity index (χ0) is 13.0. The van der Waals surface area contributed by atoms with Gasteiger partial charge in [0.05, 0.1) is 0 Å². The smallest absolute Gasteiger partial charge is 0.00957 e. The Morgan fingerprint density at radius 2 is 1.95 bits per heavy atom. The third-order valence-corrected chi connectivity index (χ3v) is 6.71. The van der Waals surface area contributed by atoms with Crippen molar-refractivity contribution in [1.29, 1.82) is 0 Å². The van der Waals surface area contributed by atoms with Crippen LogP contribution in [0.3, 0.4) is 0 Å². The molecule has 0 aliphatic heterocycles. The number of benzene rings is 1. The Morgan fingerprint density at radius 1 is 1.11 bits per heavy atom. The van der Waals surface area contributed by atoms with E-state index in [4.69, 9.17) is 5.73 Å². The zero-order valence-electron chi connectivity index (χ0n) is 11.9. The Labute approximate surface area is 116 Å². The lowest BCUT2D eigenvalue weighted by molar-refractivity contribution is 0.0497. The molecule has 5 atom stereocenters. The minimum atomic E-state index is 0.438. The highest BCUT2D eigenvalue weighted by Gasteiger charge is 2.53. The Bertz CT molecular complexity index is 494. The van der Waals surface area contributed by atoms with Gasteiger partial charge in [0.2, 0.25) is 0 Å². The molecule has 4 rings (SSSR count). The van der Waals surface area contributed by atoms with Gasteiger partial charge in [0.15, 0.2) is 0 Å². The highest BCUT2D eigenvalue weighted by atomic mass is 14.7. The molecule has 102 valence electrons. The van der Waals surface area contributed by atoms with E-state index in [1.165, 1.54) is 38.5 Å². The van der Waals surface area contributed by atoms with Crippen molar-refractivity contribution in [2.24, 2.45) is 23.0 Å². The molecule has 0 aromatic heterocycles. The molecule has 0 radical (unpaired) electrons. The van der Waals surface area contributed by atoms with Gasteiger partial charge in [0, 0.05) is 6.04 Å². The van der Waals surface area contributed by atoms with Crippen molar-refractivity contribution in [3.05, 3.63) is 35.4 Å². The van der Waals surface area contributed by atoms with Gasteiger partial charge in [0.1, 0.15) is 0 Å². The number of aryl methyl sites for hydroxylation is 1. The van der Waals surface area contributed by atoms with E-state index >= 15 is 0 Å². The molecule has 0 saturated heterocycles. The zero-order valence-corrected chi connectivity index (χ0v) is 11.9. The number of nitrogens with two attached hydrogens (primary N) is 1. The summed E-state index contributed by atoms with van der Waals surface area (Å²) in [7, 11) is 0. The fourth-order valence-corrected chi connectivity index (χ4v) is 5.56. The highest BCUT2D eigenvalue weighted by Crippen LogP contribution is 2.60. The predicted molar refractivity (Wildman–Crippen MR) is 79.0 cm³/mol. The molecule has 0 spiro atoms. The second kappa shape index (κ2) is 4.09. The first-order valence-electron chi connectivity index (χ1n) is 8.03. The second-order valence-corrected chi connectivity index (χ2v) is 7.34. The summed E-state index contributed by atoms with van der Waals surface area (Å²) in [4.78, 5) is 0. The first-order chi connectivity index (χ1) is 9.20. The standard InChI is InChI=1S/C18H25N/c1-18-11-10-14-13-5-3-2-4-12(13)6-7-15(14)16(18)8-9-17(18)19/h2-5,14-17H,6-11,19H2,1H3/t14-,15-,16+,17?,18+/m1/s1. The van der Waals surface area contributed by atoms with Crippen molar-refractivity contribution in [3.8, 4) is 0 Å². The summed E-state index contributed by atoms with van der Waals surface area (Å²) in [6.07, 6.45) is 8.03. The van der Waals surface area contributed by atoms with E-state index in [2.05, 4.69) is 31.2 Å². The van der Waals surface area contributed by atoms with Crippen molar-refractivity contribution < 1.29 is 0 Å². The number of hydrogen-bond acceptors (Lipinski definition) is 1. The molecule has 1 nitrogen and oxygen atoms in total. The molecule has 0 bridgehead atoms. The first-order valence-corrected chi connectivity index (χ1v) is 8.03. The Morgan fingerprint density at radius 3 is 2.84 bits per heavy atom. The molecule has 2 fully saturated rings. The van der Waals surface area contributed by atoms with Crippen molar-refractivity contribution in [1.82, 2.24) is 0 Å². The van der Waals surface area contributed by atoms with Crippen LogP contribution in [0.25, 0.3) is 0 Å². The van der Waals surface area contributed by atoms with Crippen LogP contribution < -0.4 is 5.73 Å². The van der Waals surface area contributed by atoms with Crippen LogP contribution in [-0.2, 0) is 6.42 Å². The van der Waals surface area contributed by atoms with Crippen LogP contribution >= 0.6 is 0 Å². The molecular weight excluding hydrogens is 230 g/mol. The highest BCUT2D eigenvalue weighted by molar-refractivity contribution is 5.34. The molecular formula is C18H25N. The molecule has 0 heterocycles. The summed E-state index contributed by atoms with van der Waals surface area (Å²) < 4.78 is 0. The van der Waals surface area contributed by atoms with E-state index < -0.39 is 0 Å². The summed E-state index contributed by atoms with van der Waals surface area (Å²) in [5, 5.41) is 0. The molecule has 19 heavy (non-hydrogen) atoms. The molecule has 3 aliphatic carbocycles. The largest absolute Gasteiger partial charge is 0.327 e. The Hall–Kier alpha value is -0.820. The van der Waals surface area contributed by atoms with Gasteiger partial charge in [-0.1, -0.05) is 31.2 Å². The summed E-state index contributed by atoms with van der Waals surface area (Å²) in [6, 6.07) is 9.63. The van der Waals surface area contributed by atoms with Gasteiger partial charge in [-0.25, -0.2) is 0 Å². The quantitative estimate of drug-likeness (QED) is 0.748. The van der Waals surface area contributed by atoms with Gasteiger partial charge in [-0.2, -0.15) is 0 Å². The average Bonchev–Trinajstić information content (AvgIpc) is 2.75. The maximum absolute atomic E-state index is 6.44. The van der Waals surface area contributed by atoms with Crippen LogP contribution in [0, 0.1) is 17.3 Å². The summed E-state index contributed by atoms with van der Waals surface area (Å²) in [5.74, 6) is 2.62. The minimum absolute atomic E-state index is 0.438. The van der Waals surface area contributed by atoms with Gasteiger partial charge in [0.25, 0.3) is 0 Å². The van der Waals surface area contributed by atoms with Crippen LogP contribution in [0.15, 0.2) is 24.3 Å². The van der Waals surface area contributed by atoms with E-state index in [9.17, 15) is 0 Å². The van der Waals surface area contributed by atoms with Crippen molar-refractivity contribution >= 4 is 0 Å². The van der Waals surface area contributed by atoms with Crippen LogP contribution in [0.2, 0.25) is 0 Å². The second-order valence-electron chi connectivity index (χ2n) is 7.34. The SMILES string of the molecule is C[C@]12CC[C@@H]3c4ccccc4CC[C@H]3[C@@H]1CCC2N. The monoisotopic (exact) mass is 255 g/mol. The third kappa shape index (κ3) is 1.57. The maximum Gasteiger partial charge on any atom is 0.00957 e. The topological polar surface area (TPSA) is 26.0 Å². The van der Waals surface area contributed by atoms with Crippen molar-refractivity contribution in [2.45, 2.75) is 57.4 Å². The summed E-state index contributed by atoms with van der Waals surface area (Å²) >= 11 is 0. The fraction of sp³-hybridized carbons (Fsp3) is 0.667. The van der Waals surface area contributed by atoms with Crippen LogP contribution in [-0.4, -0.2) is 6.04 Å². The fourth-order valence-electron chi connectivity index (χ4n) is 5.56. The first kappa shape index (κ1) is 12.0. The molecule has 1 heteroatoms. The Balaban J connectivity index is 1.72. The van der Waals surface area contributed by atoms with E-state index in [1.54, 1.807) is 11.1 Å². The summed E-state index contributed by atoms with van der Waals surface area (Å²) in [5.41, 5.74) is 10.2. The van der Waals surface area contributed by atoms with Gasteiger partial charge in [-0.15, -0.1) is 0 Å². The minimum Gasteiger partial charge on any atom is -0.327 e. The van der Waals surface area contributed by atoms with Crippen molar-refractivity contribution in [3.63, 3.8) is 0 Å². The number of rotatable bonds is 0. The lowest BCUT2D eigenvalue weighted by Crippen LogP contribution is -2.46. The number of hydrogen-bond donors (Lipinski definition) is 1. The van der Waals surface area contributed by atoms with Crippen LogP contribution in [0.4, 0.5) is 0 Å². The lowest BCUT2D eigenvalue weighted by Gasteiger charge is -2.50. The van der Waals surface area contributed by atoms with Crippen LogP contribution in [0.1, 0.15) is 56.1 Å². The van der Waals surface area contributed by atoms with Gasteiger partial charge < -0.3 is 5.73 Å². The van der Waals surface area contributed by atoms with E-state index in [0.29, 0.717) is 11.5 Å². The molecule has 0 amide bonds. The van der Waals surface area contributed by atoms with Gasteiger partial charge >= 0.3 is 0 Å².